The molecule has 0 radical (unpaired) electrons. The van der Waals surface area contributed by atoms with Crippen LogP contribution in [0.4, 0.5) is 0 Å². The van der Waals surface area contributed by atoms with Crippen LogP contribution >= 0.6 is 0 Å². The molecule has 3 amide bonds. The van der Waals surface area contributed by atoms with Crippen molar-refractivity contribution in [1.29, 1.82) is 0 Å². The van der Waals surface area contributed by atoms with E-state index in [1.807, 2.05) is 6.92 Å². The van der Waals surface area contributed by atoms with E-state index in [0.717, 1.165) is 32.1 Å². The lowest BCUT2D eigenvalue weighted by Gasteiger charge is -2.19. The molecule has 9 nitrogen and oxygen atoms in total. The van der Waals surface area contributed by atoms with Crippen molar-refractivity contribution in [3.05, 3.63) is 29.8 Å². The van der Waals surface area contributed by atoms with Gasteiger partial charge in [-0.25, -0.2) is 5.06 Å². The predicted molar refractivity (Wildman–Crippen MR) is 113 cm³/mol. The zero-order chi connectivity index (χ0) is 22.5. The lowest BCUT2D eigenvalue weighted by molar-refractivity contribution is -0.154. The number of hydrazine groups is 1. The maximum Gasteiger partial charge on any atom is 0.269 e. The van der Waals surface area contributed by atoms with Gasteiger partial charge >= 0.3 is 0 Å². The standard InChI is InChI=1S/C22H33N3O6/c1-2-3-4-8-18(14-25(29)15-26)22(28)24-23-21(27)17-9-7-12-20(13-17)31-16-30-19-10-5-6-11-19/h7,9,12-13,15,18-19,29H,2-6,8,10-11,14,16H2,1H3,(H,23,27)(H,24,28)/t18-/m1/s1. The average molecular weight is 436 g/mol. The van der Waals surface area contributed by atoms with Crippen LogP contribution in [0.1, 0.15) is 68.6 Å². The Morgan fingerprint density at radius 2 is 2.03 bits per heavy atom. The molecule has 1 fully saturated rings. The van der Waals surface area contributed by atoms with Gasteiger partial charge < -0.3 is 9.47 Å². The van der Waals surface area contributed by atoms with Crippen molar-refractivity contribution in [2.45, 2.75) is 64.4 Å². The van der Waals surface area contributed by atoms with Gasteiger partial charge in [0.15, 0.2) is 6.79 Å². The molecule has 31 heavy (non-hydrogen) atoms. The lowest BCUT2D eigenvalue weighted by Crippen LogP contribution is -2.46. The van der Waals surface area contributed by atoms with Crippen LogP contribution in [0, 0.1) is 5.92 Å². The zero-order valence-corrected chi connectivity index (χ0v) is 18.0. The second-order valence-electron chi connectivity index (χ2n) is 7.73. The molecule has 1 aliphatic rings. The highest BCUT2D eigenvalue weighted by Crippen LogP contribution is 2.21. The van der Waals surface area contributed by atoms with E-state index in [1.54, 1.807) is 24.3 Å². The molecule has 0 aliphatic heterocycles. The molecule has 0 saturated heterocycles. The third-order valence-corrected chi connectivity index (χ3v) is 5.28. The number of carbonyl (C=O) groups excluding carboxylic acids is 3. The molecule has 0 aromatic heterocycles. The molecule has 1 aliphatic carbocycles. The fraction of sp³-hybridized carbons (Fsp3) is 0.591. The summed E-state index contributed by atoms with van der Waals surface area (Å²) in [6.45, 7) is 2.03. The summed E-state index contributed by atoms with van der Waals surface area (Å²) in [5.74, 6) is -1.11. The van der Waals surface area contributed by atoms with Crippen LogP contribution in [0.25, 0.3) is 0 Å². The van der Waals surface area contributed by atoms with Crippen molar-refractivity contribution in [2.24, 2.45) is 5.92 Å². The van der Waals surface area contributed by atoms with Gasteiger partial charge in [-0.2, -0.15) is 0 Å². The summed E-state index contributed by atoms with van der Waals surface area (Å²) >= 11 is 0. The van der Waals surface area contributed by atoms with Crippen molar-refractivity contribution in [3.8, 4) is 5.75 Å². The van der Waals surface area contributed by atoms with Crippen LogP contribution < -0.4 is 15.6 Å². The second kappa shape index (κ2) is 13.6. The normalized spacial score (nSPS) is 14.6. The number of carbonyl (C=O) groups is 3. The number of rotatable bonds is 13. The maximum absolute atomic E-state index is 12.4. The van der Waals surface area contributed by atoms with E-state index in [-0.39, 0.29) is 25.9 Å². The van der Waals surface area contributed by atoms with Crippen LogP contribution in [0.15, 0.2) is 24.3 Å². The summed E-state index contributed by atoms with van der Waals surface area (Å²) in [5, 5.41) is 9.87. The predicted octanol–water partition coefficient (Wildman–Crippen LogP) is 2.79. The Balaban J connectivity index is 1.83. The smallest absolute Gasteiger partial charge is 0.269 e. The molecular formula is C22H33N3O6. The van der Waals surface area contributed by atoms with E-state index in [9.17, 15) is 19.6 Å². The Morgan fingerprint density at radius 3 is 2.74 bits per heavy atom. The Labute approximate surface area is 183 Å². The average Bonchev–Trinajstić information content (AvgIpc) is 3.30. The highest BCUT2D eigenvalue weighted by Gasteiger charge is 2.21. The van der Waals surface area contributed by atoms with Crippen LogP contribution in [-0.2, 0) is 14.3 Å². The first-order chi connectivity index (χ1) is 15.0. The first-order valence-electron chi connectivity index (χ1n) is 10.9. The summed E-state index contributed by atoms with van der Waals surface area (Å²) < 4.78 is 11.2. The molecule has 9 heteroatoms. The first kappa shape index (κ1) is 24.6. The summed E-state index contributed by atoms with van der Waals surface area (Å²) in [5.41, 5.74) is 5.07. The minimum Gasteiger partial charge on any atom is -0.468 e. The number of nitrogens with one attached hydrogen (secondary N) is 2. The van der Waals surface area contributed by atoms with Crippen molar-refractivity contribution in [3.63, 3.8) is 0 Å². The van der Waals surface area contributed by atoms with Gasteiger partial charge in [-0.1, -0.05) is 45.1 Å². The lowest BCUT2D eigenvalue weighted by atomic mass is 10.0. The monoisotopic (exact) mass is 435 g/mol. The minimum absolute atomic E-state index is 0.125. The van der Waals surface area contributed by atoms with Gasteiger partial charge in [0, 0.05) is 5.56 Å². The summed E-state index contributed by atoms with van der Waals surface area (Å²) in [6, 6.07) is 6.59. The molecule has 0 heterocycles. The van der Waals surface area contributed by atoms with Crippen molar-refractivity contribution in [1.82, 2.24) is 15.9 Å². The molecule has 172 valence electrons. The molecular weight excluding hydrogens is 402 g/mol. The quantitative estimate of drug-likeness (QED) is 0.144. The van der Waals surface area contributed by atoms with Crippen LogP contribution in [0.5, 0.6) is 5.75 Å². The third-order valence-electron chi connectivity index (χ3n) is 5.28. The van der Waals surface area contributed by atoms with Crippen molar-refractivity contribution in [2.75, 3.05) is 13.3 Å². The van der Waals surface area contributed by atoms with Crippen molar-refractivity contribution < 1.29 is 29.1 Å². The van der Waals surface area contributed by atoms with Crippen LogP contribution in [-0.4, -0.2) is 47.9 Å². The fourth-order valence-corrected chi connectivity index (χ4v) is 3.49. The van der Waals surface area contributed by atoms with Gasteiger partial charge in [-0.3, -0.25) is 30.4 Å². The Bertz CT molecular complexity index is 708. The molecule has 0 spiro atoms. The molecule has 2 rings (SSSR count). The van der Waals surface area contributed by atoms with Gasteiger partial charge in [0.05, 0.1) is 18.6 Å². The molecule has 1 atom stereocenters. The van der Waals surface area contributed by atoms with Gasteiger partial charge in [-0.15, -0.1) is 0 Å². The second-order valence-corrected chi connectivity index (χ2v) is 7.73. The van der Waals surface area contributed by atoms with Crippen molar-refractivity contribution >= 4 is 18.2 Å². The number of hydrogen-bond donors (Lipinski definition) is 3. The van der Waals surface area contributed by atoms with Crippen LogP contribution in [0.2, 0.25) is 0 Å². The van der Waals surface area contributed by atoms with E-state index < -0.39 is 17.7 Å². The Morgan fingerprint density at radius 1 is 1.26 bits per heavy atom. The number of hydroxylamine groups is 2. The van der Waals surface area contributed by atoms with Crippen LogP contribution in [0.3, 0.4) is 0 Å². The van der Waals surface area contributed by atoms with Gasteiger partial charge in [0.1, 0.15) is 5.75 Å². The molecule has 1 saturated carbocycles. The number of amides is 3. The van der Waals surface area contributed by atoms with Gasteiger partial charge in [0.25, 0.3) is 5.91 Å². The third kappa shape index (κ3) is 8.94. The van der Waals surface area contributed by atoms with E-state index in [1.165, 1.54) is 12.8 Å². The SMILES string of the molecule is CCCCC[C@H](CN(O)C=O)C(=O)NNC(=O)c1cccc(OCOC2CCCC2)c1. The largest absolute Gasteiger partial charge is 0.468 e. The number of unbranched alkanes of at least 4 members (excludes halogenated alkanes) is 2. The number of nitrogens with zero attached hydrogens (tertiary/aromatic N) is 1. The highest BCUT2D eigenvalue weighted by molar-refractivity contribution is 5.95. The van der Waals surface area contributed by atoms with Gasteiger partial charge in [0.2, 0.25) is 12.3 Å². The summed E-state index contributed by atoms with van der Waals surface area (Å²) in [4.78, 5) is 35.5. The number of hydrogen-bond acceptors (Lipinski definition) is 6. The van der Waals surface area contributed by atoms with E-state index in [0.29, 0.717) is 22.8 Å². The summed E-state index contributed by atoms with van der Waals surface area (Å²) in [7, 11) is 0. The molecule has 1 aromatic rings. The Kier molecular flexibility index (Phi) is 10.8. The first-order valence-corrected chi connectivity index (χ1v) is 10.9. The zero-order valence-electron chi connectivity index (χ0n) is 18.0. The number of benzene rings is 1. The molecule has 3 N–H and O–H groups in total. The fourth-order valence-electron chi connectivity index (χ4n) is 3.49. The van der Waals surface area contributed by atoms with Gasteiger partial charge in [-0.05, 0) is 37.5 Å². The van der Waals surface area contributed by atoms with E-state index >= 15 is 0 Å². The number of ether oxygens (including phenoxy) is 2. The highest BCUT2D eigenvalue weighted by atomic mass is 16.7. The minimum atomic E-state index is -0.635. The molecule has 0 bridgehead atoms. The van der Waals surface area contributed by atoms with E-state index in [4.69, 9.17) is 9.47 Å². The topological polar surface area (TPSA) is 117 Å². The maximum atomic E-state index is 12.4. The molecule has 0 unspecified atom stereocenters. The Hall–Kier alpha value is -2.65. The summed E-state index contributed by atoms with van der Waals surface area (Å²) in [6.07, 6.45) is 8.11. The molecule has 1 aromatic carbocycles. The van der Waals surface area contributed by atoms with E-state index in [2.05, 4.69) is 10.9 Å².